The molecule has 2 amide bonds. The van der Waals surface area contributed by atoms with Crippen LogP contribution in [0.25, 0.3) is 0 Å². The highest BCUT2D eigenvalue weighted by Gasteiger charge is 2.30. The number of carboxylic acid groups (broad SMARTS) is 1. The van der Waals surface area contributed by atoms with E-state index in [1.165, 1.54) is 4.90 Å². The summed E-state index contributed by atoms with van der Waals surface area (Å²) in [7, 11) is 0. The van der Waals surface area contributed by atoms with Gasteiger partial charge in [0, 0.05) is 5.69 Å². The summed E-state index contributed by atoms with van der Waals surface area (Å²) in [6.45, 7) is 1.53. The summed E-state index contributed by atoms with van der Waals surface area (Å²) in [6, 6.07) is 6.80. The van der Waals surface area contributed by atoms with Gasteiger partial charge in [0.15, 0.2) is 0 Å². The van der Waals surface area contributed by atoms with Crippen molar-refractivity contribution in [3.63, 3.8) is 0 Å². The fourth-order valence-corrected chi connectivity index (χ4v) is 1.86. The molecule has 16 heavy (non-hydrogen) atoms. The smallest absolute Gasteiger partial charge is 0.323 e. The quantitative estimate of drug-likeness (QED) is 0.796. The number of hydrogen-bond donors (Lipinski definition) is 2. The Morgan fingerprint density at radius 3 is 2.88 bits per heavy atom. The molecule has 1 aromatic rings. The van der Waals surface area contributed by atoms with Crippen LogP contribution in [0, 0.1) is 0 Å². The predicted octanol–water partition coefficient (Wildman–Crippen LogP) is 1.68. The van der Waals surface area contributed by atoms with E-state index >= 15 is 0 Å². The number of carboxylic acids is 1. The second-order valence-electron chi connectivity index (χ2n) is 3.72. The lowest BCUT2D eigenvalue weighted by Crippen LogP contribution is -2.43. The Labute approximate surface area is 92.7 Å². The Morgan fingerprint density at radius 2 is 2.19 bits per heavy atom. The average molecular weight is 220 g/mol. The van der Waals surface area contributed by atoms with Crippen LogP contribution in [0.2, 0.25) is 0 Å². The fraction of sp³-hybridized carbons (Fsp3) is 0.273. The zero-order chi connectivity index (χ0) is 11.7. The van der Waals surface area contributed by atoms with E-state index in [-0.39, 0.29) is 18.6 Å². The van der Waals surface area contributed by atoms with Crippen molar-refractivity contribution in [3.8, 4) is 0 Å². The van der Waals surface area contributed by atoms with E-state index in [1.54, 1.807) is 0 Å². The molecular formula is C11H12N2O3. The van der Waals surface area contributed by atoms with Crippen LogP contribution < -0.4 is 5.32 Å². The minimum Gasteiger partial charge on any atom is -0.480 e. The molecule has 0 saturated carbocycles. The molecule has 2 rings (SSSR count). The van der Waals surface area contributed by atoms with Crippen molar-refractivity contribution in [1.82, 2.24) is 4.90 Å². The van der Waals surface area contributed by atoms with Crippen LogP contribution in [0.4, 0.5) is 10.5 Å². The maximum Gasteiger partial charge on any atom is 0.323 e. The zero-order valence-corrected chi connectivity index (χ0v) is 8.80. The second-order valence-corrected chi connectivity index (χ2v) is 3.72. The Hall–Kier alpha value is -2.04. The summed E-state index contributed by atoms with van der Waals surface area (Å²) >= 11 is 0. The predicted molar refractivity (Wildman–Crippen MR) is 58.2 cm³/mol. The number of nitrogens with zero attached hydrogens (tertiary/aromatic N) is 1. The van der Waals surface area contributed by atoms with Gasteiger partial charge < -0.3 is 15.3 Å². The SMILES string of the molecule is CC1c2ccccc2NC(=O)N1CC(=O)O. The number of carbonyl (C=O) groups excluding carboxylic acids is 1. The maximum atomic E-state index is 11.7. The zero-order valence-electron chi connectivity index (χ0n) is 8.80. The number of benzene rings is 1. The highest BCUT2D eigenvalue weighted by molar-refractivity contribution is 5.94. The topological polar surface area (TPSA) is 69.6 Å². The van der Waals surface area contributed by atoms with Gasteiger partial charge in [-0.25, -0.2) is 4.79 Å². The number of rotatable bonds is 2. The van der Waals surface area contributed by atoms with E-state index in [4.69, 9.17) is 5.11 Å². The lowest BCUT2D eigenvalue weighted by Gasteiger charge is -2.34. The van der Waals surface area contributed by atoms with Crippen LogP contribution in [0.3, 0.4) is 0 Å². The van der Waals surface area contributed by atoms with Crippen molar-refractivity contribution in [2.24, 2.45) is 0 Å². The number of aliphatic carboxylic acids is 1. The molecule has 1 aliphatic rings. The first-order chi connectivity index (χ1) is 7.59. The normalized spacial score (nSPS) is 18.9. The van der Waals surface area contributed by atoms with E-state index in [9.17, 15) is 9.59 Å². The number of nitrogens with one attached hydrogen (secondary N) is 1. The largest absolute Gasteiger partial charge is 0.480 e. The van der Waals surface area contributed by atoms with Gasteiger partial charge in [-0.15, -0.1) is 0 Å². The third-order valence-electron chi connectivity index (χ3n) is 2.69. The van der Waals surface area contributed by atoms with Crippen molar-refractivity contribution in [2.45, 2.75) is 13.0 Å². The lowest BCUT2D eigenvalue weighted by atomic mass is 10.0. The molecule has 0 aliphatic carbocycles. The minimum atomic E-state index is -1.01. The molecule has 0 bridgehead atoms. The van der Waals surface area contributed by atoms with Crippen LogP contribution >= 0.6 is 0 Å². The van der Waals surface area contributed by atoms with Gasteiger partial charge in [-0.05, 0) is 18.6 Å². The van der Waals surface area contributed by atoms with E-state index in [0.29, 0.717) is 0 Å². The van der Waals surface area contributed by atoms with Crippen molar-refractivity contribution in [3.05, 3.63) is 29.8 Å². The number of urea groups is 1. The Morgan fingerprint density at radius 1 is 1.50 bits per heavy atom. The van der Waals surface area contributed by atoms with Crippen LogP contribution in [-0.4, -0.2) is 28.6 Å². The van der Waals surface area contributed by atoms with Crippen molar-refractivity contribution in [2.75, 3.05) is 11.9 Å². The van der Waals surface area contributed by atoms with Gasteiger partial charge in [0.2, 0.25) is 0 Å². The highest BCUT2D eigenvalue weighted by Crippen LogP contribution is 2.31. The molecule has 2 N–H and O–H groups in total. The number of hydrogen-bond acceptors (Lipinski definition) is 2. The maximum absolute atomic E-state index is 11.7. The van der Waals surface area contributed by atoms with Gasteiger partial charge in [0.05, 0.1) is 6.04 Å². The monoisotopic (exact) mass is 220 g/mol. The number of para-hydroxylation sites is 1. The summed E-state index contributed by atoms with van der Waals surface area (Å²) in [6.07, 6.45) is 0. The molecular weight excluding hydrogens is 208 g/mol. The van der Waals surface area contributed by atoms with E-state index in [0.717, 1.165) is 11.3 Å². The van der Waals surface area contributed by atoms with Gasteiger partial charge in [-0.1, -0.05) is 18.2 Å². The van der Waals surface area contributed by atoms with Gasteiger partial charge in [-0.3, -0.25) is 4.79 Å². The minimum absolute atomic E-state index is 0.221. The molecule has 5 heteroatoms. The van der Waals surface area contributed by atoms with E-state index in [2.05, 4.69) is 5.32 Å². The van der Waals surface area contributed by atoms with Crippen molar-refractivity contribution < 1.29 is 14.7 Å². The number of amides is 2. The summed E-state index contributed by atoms with van der Waals surface area (Å²) in [5.74, 6) is -1.01. The molecule has 0 aromatic heterocycles. The molecule has 0 saturated heterocycles. The Kier molecular flexibility index (Phi) is 2.52. The first-order valence-electron chi connectivity index (χ1n) is 4.98. The molecule has 1 aromatic carbocycles. The Balaban J connectivity index is 2.34. The number of carbonyl (C=O) groups is 2. The van der Waals surface area contributed by atoms with Crippen molar-refractivity contribution >= 4 is 17.7 Å². The van der Waals surface area contributed by atoms with Gasteiger partial charge in [0.1, 0.15) is 6.54 Å². The highest BCUT2D eigenvalue weighted by atomic mass is 16.4. The molecule has 1 heterocycles. The molecule has 0 radical (unpaired) electrons. The molecule has 84 valence electrons. The fourth-order valence-electron chi connectivity index (χ4n) is 1.86. The molecule has 0 fully saturated rings. The molecule has 1 atom stereocenters. The van der Waals surface area contributed by atoms with E-state index < -0.39 is 5.97 Å². The van der Waals surface area contributed by atoms with Crippen LogP contribution in [0.15, 0.2) is 24.3 Å². The third-order valence-corrected chi connectivity index (χ3v) is 2.69. The summed E-state index contributed by atoms with van der Waals surface area (Å²) in [5, 5.41) is 11.4. The number of fused-ring (bicyclic) bond motifs is 1. The molecule has 1 unspecified atom stereocenters. The third kappa shape index (κ3) is 1.71. The average Bonchev–Trinajstić information content (AvgIpc) is 2.24. The second kappa shape index (κ2) is 3.84. The van der Waals surface area contributed by atoms with Crippen LogP contribution in [0.1, 0.15) is 18.5 Å². The number of anilines is 1. The molecule has 1 aliphatic heterocycles. The van der Waals surface area contributed by atoms with Gasteiger partial charge in [0.25, 0.3) is 0 Å². The molecule has 5 nitrogen and oxygen atoms in total. The summed E-state index contributed by atoms with van der Waals surface area (Å²) in [5.41, 5.74) is 1.69. The van der Waals surface area contributed by atoms with Crippen LogP contribution in [0.5, 0.6) is 0 Å². The first kappa shape index (κ1) is 10.5. The first-order valence-corrected chi connectivity index (χ1v) is 4.98. The lowest BCUT2D eigenvalue weighted by molar-refractivity contribution is -0.138. The van der Waals surface area contributed by atoms with Crippen LogP contribution in [-0.2, 0) is 4.79 Å². The van der Waals surface area contributed by atoms with Crippen molar-refractivity contribution in [1.29, 1.82) is 0 Å². The van der Waals surface area contributed by atoms with Gasteiger partial charge in [-0.2, -0.15) is 0 Å². The summed E-state index contributed by atoms with van der Waals surface area (Å²) in [4.78, 5) is 23.6. The summed E-state index contributed by atoms with van der Waals surface area (Å²) < 4.78 is 0. The Bertz CT molecular complexity index is 445. The van der Waals surface area contributed by atoms with E-state index in [1.807, 2.05) is 31.2 Å². The molecule has 0 spiro atoms. The standard InChI is InChI=1S/C11H12N2O3/c1-7-8-4-2-3-5-9(8)12-11(16)13(7)6-10(14)15/h2-5,7H,6H2,1H3,(H,12,16)(H,14,15). The van der Waals surface area contributed by atoms with Gasteiger partial charge >= 0.3 is 12.0 Å².